The SMILES string of the molecule is Cc1ccc(CSC2=NN3C(=c4ccccc4=NC3c3ccc(Cl)cc3)C(=O)N2)cc1. The predicted octanol–water partition coefficient (Wildman–Crippen LogP) is 3.72. The third-order valence-corrected chi connectivity index (χ3v) is 6.37. The number of nitrogens with one attached hydrogen (secondary N) is 1. The zero-order valence-corrected chi connectivity index (χ0v) is 18.3. The predicted molar refractivity (Wildman–Crippen MR) is 125 cm³/mol. The molecule has 0 radical (unpaired) electrons. The van der Waals surface area contributed by atoms with Crippen molar-refractivity contribution in [3.63, 3.8) is 0 Å². The van der Waals surface area contributed by atoms with E-state index >= 15 is 0 Å². The summed E-state index contributed by atoms with van der Waals surface area (Å²) in [6.07, 6.45) is -0.441. The Morgan fingerprint density at radius 1 is 1.03 bits per heavy atom. The number of carbonyl (C=O) groups excluding carboxylic acids is 1. The van der Waals surface area contributed by atoms with Crippen LogP contribution in [0.5, 0.6) is 0 Å². The maximum Gasteiger partial charge on any atom is 0.276 e. The lowest BCUT2D eigenvalue weighted by molar-refractivity contribution is -0.116. The van der Waals surface area contributed by atoms with Gasteiger partial charge in [-0.1, -0.05) is 83.5 Å². The van der Waals surface area contributed by atoms with Crippen LogP contribution < -0.4 is 15.9 Å². The summed E-state index contributed by atoms with van der Waals surface area (Å²) in [5, 5.41) is 12.2. The van der Waals surface area contributed by atoms with Gasteiger partial charge < -0.3 is 0 Å². The molecule has 0 aromatic heterocycles. The first-order valence-electron chi connectivity index (χ1n) is 9.89. The number of fused-ring (bicyclic) bond motifs is 2. The topological polar surface area (TPSA) is 57.1 Å². The molecule has 7 heteroatoms. The van der Waals surface area contributed by atoms with Gasteiger partial charge in [-0.15, -0.1) is 5.10 Å². The first-order valence-corrected chi connectivity index (χ1v) is 11.2. The fraction of sp³-hybridized carbons (Fsp3) is 0.125. The Bertz CT molecular complexity index is 1300. The number of amides is 1. The van der Waals surface area contributed by atoms with Crippen LogP contribution in [0.2, 0.25) is 5.02 Å². The van der Waals surface area contributed by atoms with E-state index in [4.69, 9.17) is 21.7 Å². The van der Waals surface area contributed by atoms with E-state index in [1.807, 2.05) is 48.5 Å². The Morgan fingerprint density at radius 2 is 1.77 bits per heavy atom. The van der Waals surface area contributed by atoms with Crippen LogP contribution in [0.25, 0.3) is 5.70 Å². The lowest BCUT2D eigenvalue weighted by atomic mass is 10.1. The van der Waals surface area contributed by atoms with Crippen LogP contribution in [0.3, 0.4) is 0 Å². The van der Waals surface area contributed by atoms with Gasteiger partial charge in [0.1, 0.15) is 5.70 Å². The van der Waals surface area contributed by atoms with Gasteiger partial charge in [-0.3, -0.25) is 15.1 Å². The van der Waals surface area contributed by atoms with Gasteiger partial charge in [-0.05, 0) is 36.2 Å². The molecule has 2 aliphatic rings. The molecule has 2 heterocycles. The van der Waals surface area contributed by atoms with Crippen molar-refractivity contribution in [2.45, 2.75) is 18.8 Å². The molecule has 1 N–H and O–H groups in total. The van der Waals surface area contributed by atoms with Crippen LogP contribution >= 0.6 is 23.4 Å². The Morgan fingerprint density at radius 3 is 2.55 bits per heavy atom. The summed E-state index contributed by atoms with van der Waals surface area (Å²) in [6.45, 7) is 2.06. The highest BCUT2D eigenvalue weighted by Gasteiger charge is 2.34. The fourth-order valence-corrected chi connectivity index (χ4v) is 4.51. The molecule has 1 atom stereocenters. The first-order chi connectivity index (χ1) is 15.1. The fourth-order valence-electron chi connectivity index (χ4n) is 3.58. The summed E-state index contributed by atoms with van der Waals surface area (Å²) in [5.41, 5.74) is 3.81. The molecule has 2 aliphatic heterocycles. The molecule has 0 saturated carbocycles. The number of hydrogen-bond acceptors (Lipinski definition) is 5. The molecule has 0 saturated heterocycles. The molecule has 1 amide bonds. The number of amidine groups is 1. The molecule has 0 aliphatic carbocycles. The van der Waals surface area contributed by atoms with E-state index in [1.54, 1.807) is 5.01 Å². The second kappa shape index (κ2) is 8.21. The molecule has 5 rings (SSSR count). The molecule has 3 aromatic rings. The maximum atomic E-state index is 13.1. The van der Waals surface area contributed by atoms with E-state index in [0.717, 1.165) is 16.1 Å². The van der Waals surface area contributed by atoms with Crippen LogP contribution in [0, 0.1) is 6.92 Å². The van der Waals surface area contributed by atoms with Crippen molar-refractivity contribution in [3.05, 3.63) is 105 Å². The van der Waals surface area contributed by atoms with Gasteiger partial charge in [0.05, 0.1) is 5.36 Å². The van der Waals surface area contributed by atoms with Gasteiger partial charge in [0, 0.05) is 16.0 Å². The zero-order chi connectivity index (χ0) is 21.4. The zero-order valence-electron chi connectivity index (χ0n) is 16.7. The smallest absolute Gasteiger partial charge is 0.276 e. The van der Waals surface area contributed by atoms with Crippen LogP contribution in [-0.2, 0) is 10.5 Å². The minimum Gasteiger partial charge on any atom is -0.298 e. The number of aryl methyl sites for hydroxylation is 1. The Hall–Kier alpha value is -3.09. The summed E-state index contributed by atoms with van der Waals surface area (Å²) < 4.78 is 0. The van der Waals surface area contributed by atoms with E-state index in [2.05, 4.69) is 36.5 Å². The number of rotatable bonds is 3. The molecule has 0 spiro atoms. The minimum absolute atomic E-state index is 0.178. The van der Waals surface area contributed by atoms with Gasteiger partial charge in [0.15, 0.2) is 11.3 Å². The number of hydrogen-bond donors (Lipinski definition) is 1. The second-order valence-corrected chi connectivity index (χ2v) is 8.80. The Labute approximate surface area is 189 Å². The molecule has 1 unspecified atom stereocenters. The number of para-hydroxylation sites is 1. The quantitative estimate of drug-likeness (QED) is 0.667. The highest BCUT2D eigenvalue weighted by Crippen LogP contribution is 2.31. The average Bonchev–Trinajstić information content (AvgIpc) is 2.78. The van der Waals surface area contributed by atoms with Crippen LogP contribution in [-0.4, -0.2) is 16.1 Å². The normalized spacial score (nSPS) is 17.3. The molecule has 5 nitrogen and oxygen atoms in total. The number of thioether (sulfide) groups is 1. The molecule has 154 valence electrons. The summed E-state index contributed by atoms with van der Waals surface area (Å²) in [7, 11) is 0. The summed E-state index contributed by atoms with van der Waals surface area (Å²) in [6, 6.07) is 23.5. The summed E-state index contributed by atoms with van der Waals surface area (Å²) >= 11 is 7.58. The van der Waals surface area contributed by atoms with E-state index in [9.17, 15) is 4.79 Å². The summed E-state index contributed by atoms with van der Waals surface area (Å²) in [5.74, 6) is 0.532. The number of benzene rings is 3. The van der Waals surface area contributed by atoms with Gasteiger partial charge in [-0.2, -0.15) is 0 Å². The van der Waals surface area contributed by atoms with Crippen LogP contribution in [0.15, 0.2) is 82.9 Å². The maximum absolute atomic E-state index is 13.1. The lowest BCUT2D eigenvalue weighted by Crippen LogP contribution is -2.50. The monoisotopic (exact) mass is 446 g/mol. The molecule has 0 bridgehead atoms. The summed E-state index contributed by atoms with van der Waals surface area (Å²) in [4.78, 5) is 18.0. The van der Waals surface area contributed by atoms with Gasteiger partial charge in [0.25, 0.3) is 5.91 Å². The van der Waals surface area contributed by atoms with Crippen molar-refractivity contribution < 1.29 is 4.79 Å². The average molecular weight is 447 g/mol. The largest absolute Gasteiger partial charge is 0.298 e. The third kappa shape index (κ3) is 3.96. The first kappa shape index (κ1) is 19.8. The van der Waals surface area contributed by atoms with Crippen molar-refractivity contribution in [1.29, 1.82) is 0 Å². The molecule has 3 aromatic carbocycles. The van der Waals surface area contributed by atoms with Crippen molar-refractivity contribution in [1.82, 2.24) is 10.3 Å². The van der Waals surface area contributed by atoms with E-state index in [1.165, 1.54) is 22.9 Å². The standard InChI is InChI=1S/C24H19ClN4OS/c1-15-6-8-16(9-7-15)14-31-24-27-23(30)21-19-4-2-3-5-20(19)26-22(29(21)28-24)17-10-12-18(25)13-11-17/h2-13,22H,14H2,1H3,(H,27,28,30). The van der Waals surface area contributed by atoms with Crippen LogP contribution in [0.4, 0.5) is 0 Å². The highest BCUT2D eigenvalue weighted by atomic mass is 35.5. The number of halogens is 1. The van der Waals surface area contributed by atoms with Crippen molar-refractivity contribution in [2.75, 3.05) is 0 Å². The van der Waals surface area contributed by atoms with E-state index in [-0.39, 0.29) is 5.91 Å². The van der Waals surface area contributed by atoms with Crippen molar-refractivity contribution in [2.24, 2.45) is 10.1 Å². The Balaban J connectivity index is 1.54. The molecule has 0 fully saturated rings. The number of hydrazone groups is 1. The van der Waals surface area contributed by atoms with Crippen molar-refractivity contribution in [3.8, 4) is 0 Å². The molecular weight excluding hydrogens is 428 g/mol. The van der Waals surface area contributed by atoms with Crippen LogP contribution in [0.1, 0.15) is 22.9 Å². The number of nitrogens with zero attached hydrogens (tertiary/aromatic N) is 3. The van der Waals surface area contributed by atoms with E-state index < -0.39 is 6.17 Å². The van der Waals surface area contributed by atoms with Gasteiger partial charge >= 0.3 is 0 Å². The number of carbonyl (C=O) groups is 1. The second-order valence-electron chi connectivity index (χ2n) is 7.40. The van der Waals surface area contributed by atoms with Gasteiger partial charge in [0.2, 0.25) is 0 Å². The van der Waals surface area contributed by atoms with Crippen molar-refractivity contribution >= 4 is 40.1 Å². The third-order valence-electron chi connectivity index (χ3n) is 5.18. The lowest BCUT2D eigenvalue weighted by Gasteiger charge is -2.34. The van der Waals surface area contributed by atoms with E-state index in [0.29, 0.717) is 21.6 Å². The molecular formula is C24H19ClN4OS. The molecule has 31 heavy (non-hydrogen) atoms. The Kier molecular flexibility index (Phi) is 5.26. The highest BCUT2D eigenvalue weighted by molar-refractivity contribution is 8.13. The minimum atomic E-state index is -0.441. The van der Waals surface area contributed by atoms with Gasteiger partial charge in [-0.25, -0.2) is 5.01 Å².